The summed E-state index contributed by atoms with van der Waals surface area (Å²) in [7, 11) is 1.58. The van der Waals surface area contributed by atoms with Crippen LogP contribution in [0.3, 0.4) is 0 Å². The molecule has 0 spiro atoms. The van der Waals surface area contributed by atoms with Crippen molar-refractivity contribution in [1.29, 1.82) is 0 Å². The molecule has 0 bridgehead atoms. The number of imidazole rings is 1. The van der Waals surface area contributed by atoms with Gasteiger partial charge in [-0.1, -0.05) is 11.8 Å². The van der Waals surface area contributed by atoms with Crippen molar-refractivity contribution in [2.45, 2.75) is 30.5 Å². The van der Waals surface area contributed by atoms with Crippen LogP contribution in [0.4, 0.5) is 0 Å². The van der Waals surface area contributed by atoms with E-state index in [-0.39, 0.29) is 11.3 Å². The van der Waals surface area contributed by atoms with Crippen LogP contribution in [0.1, 0.15) is 19.8 Å². The van der Waals surface area contributed by atoms with Gasteiger partial charge in [-0.05, 0) is 25.8 Å². The van der Waals surface area contributed by atoms with Crippen LogP contribution in [-0.2, 0) is 10.3 Å². The molecule has 0 atom stereocenters. The fraction of sp³-hybridized carbons (Fsp3) is 0.462. The van der Waals surface area contributed by atoms with Gasteiger partial charge >= 0.3 is 5.97 Å². The van der Waals surface area contributed by atoms with E-state index in [1.807, 2.05) is 6.07 Å². The minimum Gasteiger partial charge on any atom is -0.481 e. The third-order valence-corrected chi connectivity index (χ3v) is 4.42. The highest BCUT2D eigenvalue weighted by molar-refractivity contribution is 7.99. The molecule has 106 valence electrons. The molecule has 1 aliphatic rings. The van der Waals surface area contributed by atoms with E-state index in [4.69, 9.17) is 9.84 Å². The van der Waals surface area contributed by atoms with Gasteiger partial charge in [0, 0.05) is 11.6 Å². The second kappa shape index (κ2) is 4.66. The summed E-state index contributed by atoms with van der Waals surface area (Å²) in [6.07, 6.45) is 2.11. The van der Waals surface area contributed by atoms with E-state index in [0.717, 1.165) is 24.0 Å². The summed E-state index contributed by atoms with van der Waals surface area (Å²) >= 11 is 1.23. The maximum atomic E-state index is 10.8. The minimum absolute atomic E-state index is 0.00344. The second-order valence-corrected chi connectivity index (χ2v) is 6.05. The number of hydrogen-bond acceptors (Lipinski definition) is 5. The lowest BCUT2D eigenvalue weighted by molar-refractivity contribution is -0.133. The van der Waals surface area contributed by atoms with Gasteiger partial charge in [0.25, 0.3) is 0 Å². The molecule has 2 heterocycles. The predicted molar refractivity (Wildman–Crippen MR) is 75.3 cm³/mol. The number of aromatic nitrogens is 3. The van der Waals surface area contributed by atoms with E-state index in [0.29, 0.717) is 11.0 Å². The number of aliphatic carboxylic acids is 1. The topological polar surface area (TPSA) is 77.2 Å². The van der Waals surface area contributed by atoms with Crippen LogP contribution < -0.4 is 4.74 Å². The Bertz CT molecular complexity index is 679. The normalized spacial score (nSPS) is 16.3. The molecule has 1 N–H and O–H groups in total. The number of thioether (sulfide) groups is 1. The monoisotopic (exact) mass is 293 g/mol. The highest BCUT2D eigenvalue weighted by atomic mass is 32.2. The largest absolute Gasteiger partial charge is 0.481 e. The molecule has 0 unspecified atom stereocenters. The minimum atomic E-state index is -0.847. The molecule has 0 aromatic carbocycles. The molecule has 0 saturated heterocycles. The molecule has 2 aromatic heterocycles. The number of carboxylic acids is 1. The van der Waals surface area contributed by atoms with Gasteiger partial charge in [0.15, 0.2) is 10.8 Å². The average molecular weight is 293 g/mol. The number of methoxy groups -OCH3 is 1. The standard InChI is InChI=1S/C13H15N3O3S/c1-13(5-6-13)16-11-8(3-4-9(15-11)19-2)14-12(16)20-7-10(17)18/h3-4H,5-7H2,1-2H3,(H,17,18). The Kier molecular flexibility index (Phi) is 3.08. The number of carboxylic acid groups (broad SMARTS) is 1. The Morgan fingerprint density at radius 1 is 1.50 bits per heavy atom. The Balaban J connectivity index is 2.11. The molecule has 0 amide bonds. The van der Waals surface area contributed by atoms with E-state index < -0.39 is 5.97 Å². The highest BCUT2D eigenvalue weighted by Crippen LogP contribution is 2.47. The van der Waals surface area contributed by atoms with Crippen LogP contribution in [0.25, 0.3) is 11.2 Å². The Labute approximate surface area is 120 Å². The first-order valence-corrected chi connectivity index (χ1v) is 7.31. The molecule has 0 radical (unpaired) electrons. The molecular formula is C13H15N3O3S. The lowest BCUT2D eigenvalue weighted by atomic mass is 10.3. The molecular weight excluding hydrogens is 278 g/mol. The molecule has 1 saturated carbocycles. The molecule has 3 rings (SSSR count). The van der Waals surface area contributed by atoms with Crippen LogP contribution >= 0.6 is 11.8 Å². The highest BCUT2D eigenvalue weighted by Gasteiger charge is 2.42. The maximum Gasteiger partial charge on any atom is 0.313 e. The molecule has 0 aliphatic heterocycles. The quantitative estimate of drug-likeness (QED) is 0.851. The van der Waals surface area contributed by atoms with Gasteiger partial charge in [0.1, 0.15) is 5.52 Å². The first-order chi connectivity index (χ1) is 9.53. The second-order valence-electron chi connectivity index (χ2n) is 5.11. The van der Waals surface area contributed by atoms with E-state index >= 15 is 0 Å². The smallest absolute Gasteiger partial charge is 0.313 e. The third kappa shape index (κ3) is 2.22. The first kappa shape index (κ1) is 13.2. The number of pyridine rings is 1. The molecule has 6 nitrogen and oxygen atoms in total. The van der Waals surface area contributed by atoms with Gasteiger partial charge in [-0.25, -0.2) is 4.98 Å². The van der Waals surface area contributed by atoms with E-state index in [9.17, 15) is 4.79 Å². The van der Waals surface area contributed by atoms with Crippen molar-refractivity contribution in [2.75, 3.05) is 12.9 Å². The number of hydrogen-bond donors (Lipinski definition) is 1. The van der Waals surface area contributed by atoms with Crippen molar-refractivity contribution in [2.24, 2.45) is 0 Å². The zero-order valence-electron chi connectivity index (χ0n) is 11.3. The van der Waals surface area contributed by atoms with E-state index in [1.165, 1.54) is 11.8 Å². The zero-order valence-corrected chi connectivity index (χ0v) is 12.1. The van der Waals surface area contributed by atoms with Crippen LogP contribution in [0.15, 0.2) is 17.3 Å². The fourth-order valence-electron chi connectivity index (χ4n) is 2.15. The van der Waals surface area contributed by atoms with Gasteiger partial charge in [0.05, 0.1) is 12.9 Å². The van der Waals surface area contributed by atoms with Gasteiger partial charge < -0.3 is 9.84 Å². The van der Waals surface area contributed by atoms with Crippen LogP contribution in [0.5, 0.6) is 5.88 Å². The predicted octanol–water partition coefficient (Wildman–Crippen LogP) is 2.13. The number of rotatable bonds is 5. The summed E-state index contributed by atoms with van der Waals surface area (Å²) < 4.78 is 7.22. The summed E-state index contributed by atoms with van der Waals surface area (Å²) in [4.78, 5) is 19.7. The molecule has 7 heteroatoms. The fourth-order valence-corrected chi connectivity index (χ4v) is 3.00. The number of fused-ring (bicyclic) bond motifs is 1. The Morgan fingerprint density at radius 2 is 2.25 bits per heavy atom. The van der Waals surface area contributed by atoms with Crippen LogP contribution in [-0.4, -0.2) is 38.5 Å². The van der Waals surface area contributed by atoms with E-state index in [2.05, 4.69) is 21.5 Å². The van der Waals surface area contributed by atoms with Crippen molar-refractivity contribution in [1.82, 2.24) is 14.5 Å². The van der Waals surface area contributed by atoms with E-state index in [1.54, 1.807) is 13.2 Å². The van der Waals surface area contributed by atoms with Gasteiger partial charge in [0.2, 0.25) is 5.88 Å². The third-order valence-electron chi connectivity index (χ3n) is 3.50. The number of carbonyl (C=O) groups is 1. The van der Waals surface area contributed by atoms with Crippen molar-refractivity contribution in [3.05, 3.63) is 12.1 Å². The lowest BCUT2D eigenvalue weighted by Crippen LogP contribution is -2.14. The lowest BCUT2D eigenvalue weighted by Gasteiger charge is -2.14. The average Bonchev–Trinajstić information content (AvgIpc) is 3.04. The molecule has 1 aliphatic carbocycles. The van der Waals surface area contributed by atoms with Crippen molar-refractivity contribution in [3.8, 4) is 5.88 Å². The van der Waals surface area contributed by atoms with Crippen molar-refractivity contribution >= 4 is 28.9 Å². The van der Waals surface area contributed by atoms with Gasteiger partial charge in [-0.2, -0.15) is 4.98 Å². The molecule has 20 heavy (non-hydrogen) atoms. The van der Waals surface area contributed by atoms with Crippen LogP contribution in [0.2, 0.25) is 0 Å². The van der Waals surface area contributed by atoms with Gasteiger partial charge in [-0.3, -0.25) is 9.36 Å². The Morgan fingerprint density at radius 3 is 2.85 bits per heavy atom. The number of ether oxygens (including phenoxy) is 1. The van der Waals surface area contributed by atoms with Crippen molar-refractivity contribution in [3.63, 3.8) is 0 Å². The molecule has 1 fully saturated rings. The summed E-state index contributed by atoms with van der Waals surface area (Å²) in [6, 6.07) is 3.62. The molecule has 2 aromatic rings. The summed E-state index contributed by atoms with van der Waals surface area (Å²) in [5, 5.41) is 9.56. The zero-order chi connectivity index (χ0) is 14.3. The van der Waals surface area contributed by atoms with Gasteiger partial charge in [-0.15, -0.1) is 0 Å². The maximum absolute atomic E-state index is 10.8. The van der Waals surface area contributed by atoms with Crippen molar-refractivity contribution < 1.29 is 14.6 Å². The Hall–Kier alpha value is -1.76. The van der Waals surface area contributed by atoms with Crippen LogP contribution in [0, 0.1) is 0 Å². The summed E-state index contributed by atoms with van der Waals surface area (Å²) in [5.41, 5.74) is 1.53. The number of nitrogens with zero attached hydrogens (tertiary/aromatic N) is 3. The first-order valence-electron chi connectivity index (χ1n) is 6.32. The summed E-state index contributed by atoms with van der Waals surface area (Å²) in [6.45, 7) is 2.14. The SMILES string of the molecule is COc1ccc2nc(SCC(=O)O)n(C3(C)CC3)c2n1. The summed E-state index contributed by atoms with van der Waals surface area (Å²) in [5.74, 6) is -0.311.